The zero-order valence-corrected chi connectivity index (χ0v) is 11.7. The zero-order chi connectivity index (χ0) is 13.8. The van der Waals surface area contributed by atoms with Gasteiger partial charge in [0, 0.05) is 12.3 Å². The first-order chi connectivity index (χ1) is 8.43. The molecule has 1 N–H and O–H groups in total. The molecule has 0 spiro atoms. The van der Waals surface area contributed by atoms with Crippen molar-refractivity contribution in [1.82, 2.24) is 5.32 Å². The Hall–Kier alpha value is -1.38. The lowest BCUT2D eigenvalue weighted by atomic mass is 9.92. The molecule has 0 aromatic heterocycles. The first kappa shape index (κ1) is 14.7. The molecule has 1 aromatic rings. The predicted molar refractivity (Wildman–Crippen MR) is 70.7 cm³/mol. The fourth-order valence-electron chi connectivity index (χ4n) is 1.92. The molecule has 0 aliphatic rings. The summed E-state index contributed by atoms with van der Waals surface area (Å²) in [5.74, 6) is -0.126. The van der Waals surface area contributed by atoms with Crippen molar-refractivity contribution in [1.29, 1.82) is 5.26 Å². The van der Waals surface area contributed by atoms with Gasteiger partial charge in [-0.2, -0.15) is 5.26 Å². The van der Waals surface area contributed by atoms with Gasteiger partial charge in [0.05, 0.1) is 16.9 Å². The third kappa shape index (κ3) is 3.31. The first-order valence-electron chi connectivity index (χ1n) is 5.81. The van der Waals surface area contributed by atoms with Crippen molar-refractivity contribution in [3.05, 3.63) is 29.8 Å². The van der Waals surface area contributed by atoms with Gasteiger partial charge in [-0.05, 0) is 31.2 Å². The van der Waals surface area contributed by atoms with E-state index in [1.807, 2.05) is 6.92 Å². The molecule has 98 valence electrons. The molecule has 4 nitrogen and oxygen atoms in total. The fraction of sp³-hybridized carbons (Fsp3) is 0.462. The van der Waals surface area contributed by atoms with Crippen molar-refractivity contribution in [2.24, 2.45) is 5.92 Å². The second kappa shape index (κ2) is 5.98. The van der Waals surface area contributed by atoms with Crippen LogP contribution in [-0.2, 0) is 9.84 Å². The highest BCUT2D eigenvalue weighted by Crippen LogP contribution is 2.24. The predicted octanol–water partition coefficient (Wildman–Crippen LogP) is 1.90. The molecule has 5 heteroatoms. The van der Waals surface area contributed by atoms with Crippen LogP contribution in [0.3, 0.4) is 0 Å². The number of hydrogen-bond acceptors (Lipinski definition) is 4. The van der Waals surface area contributed by atoms with Gasteiger partial charge in [0.1, 0.15) is 0 Å². The van der Waals surface area contributed by atoms with E-state index in [0.29, 0.717) is 4.90 Å². The Bertz CT molecular complexity index is 529. The molecule has 0 bridgehead atoms. The molecule has 0 aliphatic heterocycles. The Balaban J connectivity index is 3.07. The molecule has 0 saturated heterocycles. The highest BCUT2D eigenvalue weighted by Gasteiger charge is 2.20. The molecule has 0 aliphatic carbocycles. The maximum Gasteiger partial charge on any atom is 0.175 e. The van der Waals surface area contributed by atoms with Crippen molar-refractivity contribution >= 4 is 9.84 Å². The average molecular weight is 266 g/mol. The van der Waals surface area contributed by atoms with Crippen molar-refractivity contribution in [2.75, 3.05) is 13.3 Å². The fourth-order valence-corrected chi connectivity index (χ4v) is 2.55. The summed E-state index contributed by atoms with van der Waals surface area (Å²) < 4.78 is 22.7. The summed E-state index contributed by atoms with van der Waals surface area (Å²) >= 11 is 0. The van der Waals surface area contributed by atoms with E-state index in [1.54, 1.807) is 31.3 Å². The van der Waals surface area contributed by atoms with Crippen LogP contribution in [0.2, 0.25) is 0 Å². The molecular weight excluding hydrogens is 248 g/mol. The maximum atomic E-state index is 11.4. The zero-order valence-electron chi connectivity index (χ0n) is 10.8. The minimum Gasteiger partial charge on any atom is -0.312 e. The highest BCUT2D eigenvalue weighted by atomic mass is 32.2. The molecule has 1 rings (SSSR count). The van der Waals surface area contributed by atoms with Gasteiger partial charge in [0.15, 0.2) is 9.84 Å². The van der Waals surface area contributed by atoms with E-state index in [9.17, 15) is 8.42 Å². The monoisotopic (exact) mass is 266 g/mol. The maximum absolute atomic E-state index is 11.4. The van der Waals surface area contributed by atoms with E-state index in [0.717, 1.165) is 12.0 Å². The number of nitrogens with zero attached hydrogens (tertiary/aromatic N) is 1. The lowest BCUT2D eigenvalue weighted by molar-refractivity contribution is 0.449. The van der Waals surface area contributed by atoms with Crippen LogP contribution in [0.4, 0.5) is 0 Å². The van der Waals surface area contributed by atoms with E-state index in [1.165, 1.54) is 6.26 Å². The summed E-state index contributed by atoms with van der Waals surface area (Å²) in [6.07, 6.45) is 1.93. The molecule has 1 aromatic carbocycles. The third-order valence-electron chi connectivity index (χ3n) is 2.99. The van der Waals surface area contributed by atoms with Gasteiger partial charge in [0.25, 0.3) is 0 Å². The second-order valence-corrected chi connectivity index (χ2v) is 6.27. The lowest BCUT2D eigenvalue weighted by Gasteiger charge is -2.21. The van der Waals surface area contributed by atoms with Crippen molar-refractivity contribution < 1.29 is 8.42 Å². The molecule has 18 heavy (non-hydrogen) atoms. The van der Waals surface area contributed by atoms with Crippen LogP contribution in [0.1, 0.15) is 24.9 Å². The number of nitriles is 1. The summed E-state index contributed by atoms with van der Waals surface area (Å²) in [6, 6.07) is 8.88. The second-order valence-electron chi connectivity index (χ2n) is 4.25. The summed E-state index contributed by atoms with van der Waals surface area (Å²) in [5, 5.41) is 12.2. The van der Waals surface area contributed by atoms with Gasteiger partial charge in [-0.25, -0.2) is 8.42 Å². The van der Waals surface area contributed by atoms with E-state index < -0.39 is 9.84 Å². The quantitative estimate of drug-likeness (QED) is 0.883. The summed E-state index contributed by atoms with van der Waals surface area (Å²) in [5.41, 5.74) is 0.929. The minimum absolute atomic E-state index is 0.0754. The molecule has 0 amide bonds. The molecule has 0 fully saturated rings. The molecule has 0 heterocycles. The smallest absolute Gasteiger partial charge is 0.175 e. The Morgan fingerprint density at radius 2 is 1.89 bits per heavy atom. The Morgan fingerprint density at radius 1 is 1.33 bits per heavy atom. The van der Waals surface area contributed by atoms with Crippen LogP contribution < -0.4 is 5.32 Å². The van der Waals surface area contributed by atoms with Crippen LogP contribution in [0.25, 0.3) is 0 Å². The van der Waals surface area contributed by atoms with E-state index in [2.05, 4.69) is 11.4 Å². The Morgan fingerprint density at radius 3 is 2.22 bits per heavy atom. The average Bonchev–Trinajstić information content (AvgIpc) is 2.35. The molecule has 0 saturated carbocycles. The molecule has 2 unspecified atom stereocenters. The number of hydrogen-bond donors (Lipinski definition) is 1. The van der Waals surface area contributed by atoms with Gasteiger partial charge >= 0.3 is 0 Å². The third-order valence-corrected chi connectivity index (χ3v) is 4.11. The van der Waals surface area contributed by atoms with Gasteiger partial charge in [-0.15, -0.1) is 0 Å². The van der Waals surface area contributed by atoms with Crippen LogP contribution in [-0.4, -0.2) is 21.7 Å². The summed E-state index contributed by atoms with van der Waals surface area (Å²) in [6.45, 7) is 1.96. The van der Waals surface area contributed by atoms with Crippen LogP contribution >= 0.6 is 0 Å². The van der Waals surface area contributed by atoms with Crippen molar-refractivity contribution in [2.45, 2.75) is 24.3 Å². The highest BCUT2D eigenvalue weighted by molar-refractivity contribution is 7.90. The number of benzene rings is 1. The van der Waals surface area contributed by atoms with Crippen molar-refractivity contribution in [3.63, 3.8) is 0 Å². The summed E-state index contributed by atoms with van der Waals surface area (Å²) in [7, 11) is -1.37. The van der Waals surface area contributed by atoms with Crippen LogP contribution in [0.15, 0.2) is 29.2 Å². The Kier molecular flexibility index (Phi) is 4.88. The molecule has 0 radical (unpaired) electrons. The van der Waals surface area contributed by atoms with E-state index >= 15 is 0 Å². The lowest BCUT2D eigenvalue weighted by Crippen LogP contribution is -2.24. The first-order valence-corrected chi connectivity index (χ1v) is 7.70. The summed E-state index contributed by atoms with van der Waals surface area (Å²) in [4.78, 5) is 0.297. The van der Waals surface area contributed by atoms with Crippen LogP contribution in [0, 0.1) is 17.2 Å². The normalized spacial score (nSPS) is 14.8. The SMILES string of the molecule is CCC(C#N)C(NC)c1ccc(S(C)(=O)=O)cc1. The van der Waals surface area contributed by atoms with Crippen LogP contribution in [0.5, 0.6) is 0 Å². The van der Waals surface area contributed by atoms with Crippen molar-refractivity contribution in [3.8, 4) is 6.07 Å². The molecular formula is C13H18N2O2S. The largest absolute Gasteiger partial charge is 0.312 e. The number of nitrogens with one attached hydrogen (secondary N) is 1. The van der Waals surface area contributed by atoms with E-state index in [4.69, 9.17) is 5.26 Å². The Labute approximate surface area is 109 Å². The minimum atomic E-state index is -3.17. The number of rotatable bonds is 5. The molecule has 2 atom stereocenters. The van der Waals surface area contributed by atoms with Gasteiger partial charge < -0.3 is 5.32 Å². The van der Waals surface area contributed by atoms with Gasteiger partial charge in [0.2, 0.25) is 0 Å². The van der Waals surface area contributed by atoms with Gasteiger partial charge in [-0.1, -0.05) is 19.1 Å². The van der Waals surface area contributed by atoms with E-state index in [-0.39, 0.29) is 12.0 Å². The van der Waals surface area contributed by atoms with Gasteiger partial charge in [-0.3, -0.25) is 0 Å². The number of sulfone groups is 1. The standard InChI is InChI=1S/C13H18N2O2S/c1-4-10(9-14)13(15-2)11-5-7-12(8-6-11)18(3,16)17/h5-8,10,13,15H,4H2,1-3H3. The topological polar surface area (TPSA) is 70.0 Å².